The Labute approximate surface area is 109 Å². The molecule has 0 aliphatic carbocycles. The second-order valence-corrected chi connectivity index (χ2v) is 4.03. The van der Waals surface area contributed by atoms with Crippen LogP contribution < -0.4 is 5.32 Å². The van der Waals surface area contributed by atoms with Gasteiger partial charge in [0.15, 0.2) is 5.82 Å². The molecule has 100 valence electrons. The number of aromatic nitrogens is 3. The number of ether oxygens (including phenoxy) is 1. The van der Waals surface area contributed by atoms with Crippen LogP contribution in [0.3, 0.4) is 0 Å². The minimum Gasteiger partial charge on any atom is -0.464 e. The maximum Gasteiger partial charge on any atom is 0.354 e. The summed E-state index contributed by atoms with van der Waals surface area (Å²) in [5.74, 6) is -0.502. The first-order valence-corrected chi connectivity index (χ1v) is 5.56. The fraction of sp³-hybridized carbons (Fsp3) is 0.250. The number of rotatable bonds is 3. The molecule has 0 saturated heterocycles. The number of nitrogens with zero attached hydrogens (tertiary/aromatic N) is 3. The molecule has 0 aliphatic rings. The smallest absolute Gasteiger partial charge is 0.354 e. The molecule has 2 aromatic rings. The van der Waals surface area contributed by atoms with Gasteiger partial charge < -0.3 is 19.2 Å². The van der Waals surface area contributed by atoms with Crippen LogP contribution in [0.5, 0.6) is 0 Å². The Hall–Kier alpha value is -2.57. The average molecular weight is 262 g/mol. The van der Waals surface area contributed by atoms with Crippen molar-refractivity contribution in [1.29, 1.82) is 0 Å². The van der Waals surface area contributed by atoms with E-state index in [0.29, 0.717) is 17.2 Å². The largest absolute Gasteiger partial charge is 0.464 e. The molecule has 0 aromatic carbocycles. The van der Waals surface area contributed by atoms with E-state index in [1.54, 1.807) is 47.9 Å². The molecule has 0 unspecified atom stereocenters. The van der Waals surface area contributed by atoms with Crippen molar-refractivity contribution in [2.45, 2.75) is 0 Å². The SMILES string of the molecule is COC(=O)c1cc(NC(=O)c2nccn2C)cn1C. The summed E-state index contributed by atoms with van der Waals surface area (Å²) in [6, 6.07) is 1.55. The molecule has 19 heavy (non-hydrogen) atoms. The van der Waals surface area contributed by atoms with Gasteiger partial charge in [-0.3, -0.25) is 4.79 Å². The molecule has 0 radical (unpaired) electrons. The van der Waals surface area contributed by atoms with E-state index in [4.69, 9.17) is 0 Å². The molecule has 0 aliphatic heterocycles. The Bertz CT molecular complexity index is 627. The van der Waals surface area contributed by atoms with Crippen molar-refractivity contribution < 1.29 is 14.3 Å². The highest BCUT2D eigenvalue weighted by Crippen LogP contribution is 2.14. The third-order valence-electron chi connectivity index (χ3n) is 2.68. The Morgan fingerprint density at radius 1 is 1.32 bits per heavy atom. The first-order chi connectivity index (χ1) is 9.02. The van der Waals surface area contributed by atoms with Gasteiger partial charge in [-0.25, -0.2) is 9.78 Å². The second kappa shape index (κ2) is 4.97. The van der Waals surface area contributed by atoms with Crippen molar-refractivity contribution in [3.05, 3.63) is 36.2 Å². The van der Waals surface area contributed by atoms with Gasteiger partial charge in [0, 0.05) is 32.7 Å². The number of hydrogen-bond acceptors (Lipinski definition) is 4. The van der Waals surface area contributed by atoms with Crippen molar-refractivity contribution in [2.75, 3.05) is 12.4 Å². The normalized spacial score (nSPS) is 10.3. The summed E-state index contributed by atoms with van der Waals surface area (Å²) < 4.78 is 7.83. The number of imidazole rings is 1. The molecule has 2 rings (SSSR count). The molecule has 7 heteroatoms. The van der Waals surface area contributed by atoms with Gasteiger partial charge in [-0.2, -0.15) is 0 Å². The quantitative estimate of drug-likeness (QED) is 0.830. The van der Waals surface area contributed by atoms with Gasteiger partial charge in [0.25, 0.3) is 5.91 Å². The minimum absolute atomic E-state index is 0.295. The fourth-order valence-corrected chi connectivity index (χ4v) is 1.71. The van der Waals surface area contributed by atoms with Crippen LogP contribution in [-0.4, -0.2) is 33.1 Å². The zero-order valence-corrected chi connectivity index (χ0v) is 10.9. The Kier molecular flexibility index (Phi) is 3.37. The van der Waals surface area contributed by atoms with Gasteiger partial charge in [-0.15, -0.1) is 0 Å². The molecule has 1 N–H and O–H groups in total. The molecular weight excluding hydrogens is 248 g/mol. The lowest BCUT2D eigenvalue weighted by atomic mass is 10.4. The second-order valence-electron chi connectivity index (χ2n) is 4.03. The number of carbonyl (C=O) groups excluding carboxylic acids is 2. The third-order valence-corrected chi connectivity index (χ3v) is 2.68. The molecule has 2 aromatic heterocycles. The molecule has 0 fully saturated rings. The predicted molar refractivity (Wildman–Crippen MR) is 67.9 cm³/mol. The Morgan fingerprint density at radius 3 is 2.63 bits per heavy atom. The Balaban J connectivity index is 2.19. The number of hydrogen-bond donors (Lipinski definition) is 1. The highest BCUT2D eigenvalue weighted by atomic mass is 16.5. The summed E-state index contributed by atoms with van der Waals surface area (Å²) in [4.78, 5) is 27.3. The van der Waals surface area contributed by atoms with Crippen molar-refractivity contribution in [2.24, 2.45) is 14.1 Å². The lowest BCUT2D eigenvalue weighted by Crippen LogP contribution is -2.16. The number of esters is 1. The zero-order chi connectivity index (χ0) is 14.0. The van der Waals surface area contributed by atoms with E-state index in [1.807, 2.05) is 0 Å². The summed E-state index contributed by atoms with van der Waals surface area (Å²) in [6.45, 7) is 0. The molecule has 1 amide bonds. The van der Waals surface area contributed by atoms with E-state index in [0.717, 1.165) is 0 Å². The third kappa shape index (κ3) is 2.49. The van der Waals surface area contributed by atoms with Gasteiger partial charge in [0.05, 0.1) is 12.8 Å². The van der Waals surface area contributed by atoms with Crippen LogP contribution in [0, 0.1) is 0 Å². The molecular formula is C12H14N4O3. The van der Waals surface area contributed by atoms with Crippen molar-refractivity contribution in [3.8, 4) is 0 Å². The van der Waals surface area contributed by atoms with Crippen LogP contribution in [0.4, 0.5) is 5.69 Å². The molecule has 2 heterocycles. The topological polar surface area (TPSA) is 78.2 Å². The predicted octanol–water partition coefficient (Wildman–Crippen LogP) is 0.797. The standard InChI is InChI=1S/C12H14N4O3/c1-15-5-4-13-10(15)11(17)14-8-6-9(12(18)19-3)16(2)7-8/h4-7H,1-3H3,(H,14,17). The van der Waals surface area contributed by atoms with E-state index in [1.165, 1.54) is 7.11 Å². The van der Waals surface area contributed by atoms with Gasteiger partial charge in [-0.05, 0) is 6.07 Å². The van der Waals surface area contributed by atoms with Crippen LogP contribution in [0.25, 0.3) is 0 Å². The number of amides is 1. The summed E-state index contributed by atoms with van der Waals surface area (Å²) in [6.07, 6.45) is 4.85. The van der Waals surface area contributed by atoms with Gasteiger partial charge in [0.2, 0.25) is 0 Å². The number of aryl methyl sites for hydroxylation is 2. The zero-order valence-electron chi connectivity index (χ0n) is 10.9. The lowest BCUT2D eigenvalue weighted by molar-refractivity contribution is 0.0590. The highest BCUT2D eigenvalue weighted by molar-refractivity contribution is 6.02. The molecule has 0 spiro atoms. The Morgan fingerprint density at radius 2 is 2.05 bits per heavy atom. The van der Waals surface area contributed by atoms with E-state index >= 15 is 0 Å². The van der Waals surface area contributed by atoms with Crippen LogP contribution in [0.1, 0.15) is 21.1 Å². The number of carbonyl (C=O) groups is 2. The highest BCUT2D eigenvalue weighted by Gasteiger charge is 2.15. The van der Waals surface area contributed by atoms with Crippen molar-refractivity contribution in [3.63, 3.8) is 0 Å². The van der Waals surface area contributed by atoms with Crippen molar-refractivity contribution in [1.82, 2.24) is 14.1 Å². The van der Waals surface area contributed by atoms with Crippen LogP contribution >= 0.6 is 0 Å². The lowest BCUT2D eigenvalue weighted by Gasteiger charge is -2.01. The van der Waals surface area contributed by atoms with E-state index in [9.17, 15) is 9.59 Å². The van der Waals surface area contributed by atoms with Gasteiger partial charge in [-0.1, -0.05) is 0 Å². The monoisotopic (exact) mass is 262 g/mol. The van der Waals surface area contributed by atoms with E-state index < -0.39 is 5.97 Å². The van der Waals surface area contributed by atoms with E-state index in [2.05, 4.69) is 15.0 Å². The van der Waals surface area contributed by atoms with E-state index in [-0.39, 0.29) is 5.91 Å². The van der Waals surface area contributed by atoms with Crippen molar-refractivity contribution >= 4 is 17.6 Å². The first-order valence-electron chi connectivity index (χ1n) is 5.56. The molecule has 0 saturated carbocycles. The summed E-state index contributed by atoms with van der Waals surface area (Å²) in [7, 11) is 4.73. The average Bonchev–Trinajstić information content (AvgIpc) is 2.94. The van der Waals surface area contributed by atoms with Crippen LogP contribution in [0.15, 0.2) is 24.7 Å². The maximum atomic E-state index is 11.9. The molecule has 0 bridgehead atoms. The van der Waals surface area contributed by atoms with Crippen LogP contribution in [-0.2, 0) is 18.8 Å². The summed E-state index contributed by atoms with van der Waals surface area (Å²) in [5.41, 5.74) is 0.869. The summed E-state index contributed by atoms with van der Waals surface area (Å²) >= 11 is 0. The number of anilines is 1. The first kappa shape index (κ1) is 12.9. The molecule has 7 nitrogen and oxygen atoms in total. The number of nitrogens with one attached hydrogen (secondary N) is 1. The van der Waals surface area contributed by atoms with Gasteiger partial charge >= 0.3 is 5.97 Å². The summed E-state index contributed by atoms with van der Waals surface area (Å²) in [5, 5.41) is 2.67. The van der Waals surface area contributed by atoms with Gasteiger partial charge in [0.1, 0.15) is 5.69 Å². The molecule has 0 atom stereocenters. The maximum absolute atomic E-state index is 11.9. The number of methoxy groups -OCH3 is 1. The minimum atomic E-state index is -0.458. The fourth-order valence-electron chi connectivity index (χ4n) is 1.71. The van der Waals surface area contributed by atoms with Crippen LogP contribution in [0.2, 0.25) is 0 Å².